The Morgan fingerprint density at radius 2 is 1.24 bits per heavy atom. The van der Waals surface area contributed by atoms with Gasteiger partial charge in [0.15, 0.2) is 12.6 Å². The smallest absolute Gasteiger partial charge is 0.187 e. The molecule has 0 spiro atoms. The zero-order valence-electron chi connectivity index (χ0n) is 11.7. The molecule has 0 aromatic heterocycles. The third kappa shape index (κ3) is 3.21. The molecular weight excluding hydrogens is 288 g/mol. The van der Waals surface area contributed by atoms with Gasteiger partial charge >= 0.3 is 0 Å². The summed E-state index contributed by atoms with van der Waals surface area (Å²) >= 11 is 0. The molecule has 2 aliphatic heterocycles. The summed E-state index contributed by atoms with van der Waals surface area (Å²) in [6, 6.07) is 0. The van der Waals surface area contributed by atoms with Gasteiger partial charge in [-0.1, -0.05) is 0 Å². The lowest BCUT2D eigenvalue weighted by Gasteiger charge is -2.44. The van der Waals surface area contributed by atoms with E-state index in [0.29, 0.717) is 0 Å². The molecule has 0 radical (unpaired) electrons. The average Bonchev–Trinajstić information content (AvgIpc) is 2.44. The van der Waals surface area contributed by atoms with E-state index < -0.39 is 61.4 Å². The van der Waals surface area contributed by atoms with Gasteiger partial charge in [0.25, 0.3) is 0 Å². The summed E-state index contributed by atoms with van der Waals surface area (Å²) in [6.45, 7) is 2.96. The molecule has 0 aromatic rings. The van der Waals surface area contributed by atoms with Gasteiger partial charge in [-0.2, -0.15) is 0 Å². The number of aliphatic hydroxyl groups is 6. The van der Waals surface area contributed by atoms with Crippen LogP contribution in [0.3, 0.4) is 0 Å². The molecular formula is C12H22O9. The fourth-order valence-corrected chi connectivity index (χ4v) is 2.45. The third-order valence-corrected chi connectivity index (χ3v) is 3.90. The highest BCUT2D eigenvalue weighted by atomic mass is 16.7. The Kier molecular flexibility index (Phi) is 5.19. The van der Waals surface area contributed by atoms with Crippen molar-refractivity contribution >= 4 is 0 Å². The molecule has 0 amide bonds. The van der Waals surface area contributed by atoms with Crippen LogP contribution in [0.2, 0.25) is 0 Å². The predicted molar refractivity (Wildman–Crippen MR) is 65.8 cm³/mol. The van der Waals surface area contributed by atoms with Crippen molar-refractivity contribution in [1.29, 1.82) is 0 Å². The Morgan fingerprint density at radius 1 is 0.667 bits per heavy atom. The number of rotatable bonds is 2. The first kappa shape index (κ1) is 17.0. The van der Waals surface area contributed by atoms with E-state index in [2.05, 4.69) is 0 Å². The molecule has 10 atom stereocenters. The minimum Gasteiger partial charge on any atom is -0.388 e. The lowest BCUT2D eigenvalue weighted by atomic mass is 9.97. The highest BCUT2D eigenvalue weighted by molar-refractivity contribution is 4.92. The number of hydrogen-bond donors (Lipinski definition) is 6. The van der Waals surface area contributed by atoms with Gasteiger partial charge in [-0.05, 0) is 13.8 Å². The molecule has 1 unspecified atom stereocenters. The Hall–Kier alpha value is -0.360. The van der Waals surface area contributed by atoms with E-state index in [1.54, 1.807) is 0 Å². The second-order valence-electron chi connectivity index (χ2n) is 5.50. The van der Waals surface area contributed by atoms with Crippen molar-refractivity contribution in [3.63, 3.8) is 0 Å². The van der Waals surface area contributed by atoms with E-state index in [1.807, 2.05) is 0 Å². The van der Waals surface area contributed by atoms with Crippen LogP contribution in [0.1, 0.15) is 13.8 Å². The second kappa shape index (κ2) is 6.41. The molecule has 124 valence electrons. The van der Waals surface area contributed by atoms with Crippen molar-refractivity contribution in [2.45, 2.75) is 75.3 Å². The first-order valence-electron chi connectivity index (χ1n) is 6.78. The van der Waals surface area contributed by atoms with E-state index in [0.717, 1.165) is 0 Å². The maximum atomic E-state index is 9.96. The van der Waals surface area contributed by atoms with Gasteiger partial charge in [0.1, 0.15) is 36.6 Å². The summed E-state index contributed by atoms with van der Waals surface area (Å²) in [6.07, 6.45) is -13.0. The highest BCUT2D eigenvalue weighted by Gasteiger charge is 2.48. The van der Waals surface area contributed by atoms with Crippen molar-refractivity contribution in [3.05, 3.63) is 0 Å². The molecule has 2 saturated heterocycles. The first-order chi connectivity index (χ1) is 9.73. The van der Waals surface area contributed by atoms with E-state index in [1.165, 1.54) is 13.8 Å². The summed E-state index contributed by atoms with van der Waals surface area (Å²) in [4.78, 5) is 0. The quantitative estimate of drug-likeness (QED) is 0.308. The zero-order chi connectivity index (χ0) is 15.9. The van der Waals surface area contributed by atoms with Crippen LogP contribution in [0.15, 0.2) is 0 Å². The van der Waals surface area contributed by atoms with Gasteiger partial charge in [-0.25, -0.2) is 0 Å². The predicted octanol–water partition coefficient (Wildman–Crippen LogP) is -3.34. The Bertz CT molecular complexity index is 340. The standard InChI is InChI=1S/C12H22O9/c1-3-5(13)7(15)8(16)12(20-3)21-10-6(14)4(2)19-11(18)9(10)17/h3-18H,1-2H3/t3-,4-,5-,6-,7+,8+,9+,10+,11?,12-/m1/s1. The second-order valence-corrected chi connectivity index (χ2v) is 5.50. The average molecular weight is 310 g/mol. The number of aliphatic hydroxyl groups excluding tert-OH is 6. The largest absolute Gasteiger partial charge is 0.388 e. The van der Waals surface area contributed by atoms with E-state index in [-0.39, 0.29) is 0 Å². The number of ether oxygens (including phenoxy) is 3. The highest BCUT2D eigenvalue weighted by Crippen LogP contribution is 2.28. The van der Waals surface area contributed by atoms with Gasteiger partial charge < -0.3 is 44.8 Å². The molecule has 0 aromatic carbocycles. The summed E-state index contributed by atoms with van der Waals surface area (Å²) in [5.41, 5.74) is 0. The molecule has 0 saturated carbocycles. The monoisotopic (exact) mass is 310 g/mol. The summed E-state index contributed by atoms with van der Waals surface area (Å²) in [7, 11) is 0. The summed E-state index contributed by atoms with van der Waals surface area (Å²) in [5.74, 6) is 0. The van der Waals surface area contributed by atoms with Crippen LogP contribution in [-0.2, 0) is 14.2 Å². The fourth-order valence-electron chi connectivity index (χ4n) is 2.45. The van der Waals surface area contributed by atoms with Gasteiger partial charge in [-0.3, -0.25) is 0 Å². The van der Waals surface area contributed by atoms with Crippen LogP contribution in [-0.4, -0.2) is 92.1 Å². The molecule has 0 aliphatic carbocycles. The topological polar surface area (TPSA) is 149 Å². The molecule has 6 N–H and O–H groups in total. The zero-order valence-corrected chi connectivity index (χ0v) is 11.7. The van der Waals surface area contributed by atoms with Gasteiger partial charge in [-0.15, -0.1) is 0 Å². The fraction of sp³-hybridized carbons (Fsp3) is 1.00. The minimum atomic E-state index is -1.56. The SMILES string of the molecule is C[C@H]1O[C@H](O[C@H]2[C@H](O)[C@@H](C)OC(O)[C@H]2O)[C@@H](O)[C@@H](O)[C@@H]1O. The van der Waals surface area contributed by atoms with Gasteiger partial charge in [0, 0.05) is 0 Å². The molecule has 2 aliphatic rings. The van der Waals surface area contributed by atoms with Crippen LogP contribution in [0.5, 0.6) is 0 Å². The lowest BCUT2D eigenvalue weighted by molar-refractivity contribution is -0.349. The normalized spacial score (nSPS) is 55.4. The molecule has 9 heteroatoms. The summed E-state index contributed by atoms with van der Waals surface area (Å²) < 4.78 is 15.4. The maximum absolute atomic E-state index is 9.96. The van der Waals surface area contributed by atoms with Crippen molar-refractivity contribution in [1.82, 2.24) is 0 Å². The van der Waals surface area contributed by atoms with E-state index >= 15 is 0 Å². The molecule has 21 heavy (non-hydrogen) atoms. The van der Waals surface area contributed by atoms with Crippen molar-refractivity contribution < 1.29 is 44.8 Å². The molecule has 2 rings (SSSR count). The Labute approximate surface area is 121 Å². The van der Waals surface area contributed by atoms with Crippen molar-refractivity contribution in [2.75, 3.05) is 0 Å². The number of hydrogen-bond acceptors (Lipinski definition) is 9. The maximum Gasteiger partial charge on any atom is 0.187 e. The van der Waals surface area contributed by atoms with Crippen molar-refractivity contribution in [3.8, 4) is 0 Å². The van der Waals surface area contributed by atoms with E-state index in [4.69, 9.17) is 14.2 Å². The van der Waals surface area contributed by atoms with Crippen LogP contribution >= 0.6 is 0 Å². The van der Waals surface area contributed by atoms with Crippen LogP contribution in [0.25, 0.3) is 0 Å². The van der Waals surface area contributed by atoms with Crippen molar-refractivity contribution in [2.24, 2.45) is 0 Å². The Balaban J connectivity index is 2.08. The molecule has 0 bridgehead atoms. The van der Waals surface area contributed by atoms with Crippen LogP contribution < -0.4 is 0 Å². The first-order valence-corrected chi connectivity index (χ1v) is 6.78. The third-order valence-electron chi connectivity index (χ3n) is 3.90. The minimum absolute atomic E-state index is 0.804. The lowest BCUT2D eigenvalue weighted by Crippen LogP contribution is -2.63. The summed E-state index contributed by atoms with van der Waals surface area (Å²) in [5, 5.41) is 58.4. The Morgan fingerprint density at radius 3 is 1.86 bits per heavy atom. The molecule has 2 heterocycles. The molecule has 9 nitrogen and oxygen atoms in total. The van der Waals surface area contributed by atoms with Crippen LogP contribution in [0.4, 0.5) is 0 Å². The molecule has 2 fully saturated rings. The van der Waals surface area contributed by atoms with E-state index in [9.17, 15) is 30.6 Å². The van der Waals surface area contributed by atoms with Crippen LogP contribution in [0, 0.1) is 0 Å². The van der Waals surface area contributed by atoms with Gasteiger partial charge in [0.05, 0.1) is 12.2 Å². The van der Waals surface area contributed by atoms with Gasteiger partial charge in [0.2, 0.25) is 0 Å².